The van der Waals surface area contributed by atoms with E-state index in [1.807, 2.05) is 54.6 Å². The number of amides is 1. The lowest BCUT2D eigenvalue weighted by Crippen LogP contribution is -2.40. The van der Waals surface area contributed by atoms with Crippen LogP contribution in [0.25, 0.3) is 0 Å². The van der Waals surface area contributed by atoms with Gasteiger partial charge in [-0.2, -0.15) is 0 Å². The van der Waals surface area contributed by atoms with Gasteiger partial charge in [-0.1, -0.05) is 30.3 Å². The van der Waals surface area contributed by atoms with Gasteiger partial charge in [-0.15, -0.1) is 0 Å². The SMILES string of the molecule is COc1ccc(NC(=O)CN2CCC(C(=O)c3ccccc3)CC2)cc1. The highest BCUT2D eigenvalue weighted by Crippen LogP contribution is 2.22. The number of carbonyl (C=O) groups is 2. The average Bonchev–Trinajstić information content (AvgIpc) is 2.69. The first-order valence-electron chi connectivity index (χ1n) is 8.91. The van der Waals surface area contributed by atoms with Crippen molar-refractivity contribution < 1.29 is 14.3 Å². The maximum absolute atomic E-state index is 12.5. The van der Waals surface area contributed by atoms with Gasteiger partial charge in [0, 0.05) is 17.2 Å². The maximum atomic E-state index is 12.5. The largest absolute Gasteiger partial charge is 0.497 e. The Morgan fingerprint density at radius 3 is 2.31 bits per heavy atom. The van der Waals surface area contributed by atoms with Crippen molar-refractivity contribution in [3.8, 4) is 5.75 Å². The molecule has 5 nitrogen and oxygen atoms in total. The Bertz CT molecular complexity index is 736. The molecule has 1 heterocycles. The zero-order valence-electron chi connectivity index (χ0n) is 15.0. The lowest BCUT2D eigenvalue weighted by molar-refractivity contribution is -0.117. The van der Waals surface area contributed by atoms with E-state index >= 15 is 0 Å². The van der Waals surface area contributed by atoms with E-state index in [0.717, 1.165) is 42.9 Å². The average molecular weight is 352 g/mol. The predicted octanol–water partition coefficient (Wildman–Crippen LogP) is 3.23. The molecule has 2 aromatic rings. The molecule has 0 spiro atoms. The highest BCUT2D eigenvalue weighted by molar-refractivity contribution is 5.98. The molecule has 0 saturated carbocycles. The Kier molecular flexibility index (Phi) is 6.02. The molecule has 0 aliphatic carbocycles. The Labute approximate surface area is 154 Å². The lowest BCUT2D eigenvalue weighted by Gasteiger charge is -2.30. The van der Waals surface area contributed by atoms with Crippen molar-refractivity contribution >= 4 is 17.4 Å². The molecule has 1 aliphatic rings. The van der Waals surface area contributed by atoms with Crippen molar-refractivity contribution in [3.05, 3.63) is 60.2 Å². The summed E-state index contributed by atoms with van der Waals surface area (Å²) in [6, 6.07) is 16.7. The van der Waals surface area contributed by atoms with E-state index in [1.165, 1.54) is 0 Å². The van der Waals surface area contributed by atoms with E-state index in [-0.39, 0.29) is 17.6 Å². The second kappa shape index (κ2) is 8.63. The molecular formula is C21H24N2O3. The molecule has 26 heavy (non-hydrogen) atoms. The van der Waals surface area contributed by atoms with Gasteiger partial charge in [0.1, 0.15) is 5.75 Å². The van der Waals surface area contributed by atoms with Gasteiger partial charge in [-0.25, -0.2) is 0 Å². The number of carbonyl (C=O) groups excluding carboxylic acids is 2. The minimum atomic E-state index is -0.0389. The number of nitrogens with one attached hydrogen (secondary N) is 1. The summed E-state index contributed by atoms with van der Waals surface area (Å²) >= 11 is 0. The van der Waals surface area contributed by atoms with Crippen LogP contribution < -0.4 is 10.1 Å². The number of ether oxygens (including phenoxy) is 1. The highest BCUT2D eigenvalue weighted by Gasteiger charge is 2.26. The third-order valence-electron chi connectivity index (χ3n) is 4.76. The van der Waals surface area contributed by atoms with E-state index in [1.54, 1.807) is 7.11 Å². The quantitative estimate of drug-likeness (QED) is 0.811. The van der Waals surface area contributed by atoms with Gasteiger partial charge in [0.25, 0.3) is 0 Å². The number of rotatable bonds is 6. The summed E-state index contributed by atoms with van der Waals surface area (Å²) < 4.78 is 5.11. The summed E-state index contributed by atoms with van der Waals surface area (Å²) in [6.07, 6.45) is 1.59. The molecule has 1 aliphatic heterocycles. The van der Waals surface area contributed by atoms with Crippen LogP contribution in [-0.2, 0) is 4.79 Å². The van der Waals surface area contributed by atoms with Gasteiger partial charge in [0.15, 0.2) is 5.78 Å². The van der Waals surface area contributed by atoms with Gasteiger partial charge in [0.2, 0.25) is 5.91 Å². The summed E-state index contributed by atoms with van der Waals surface area (Å²) in [5.74, 6) is 0.988. The summed E-state index contributed by atoms with van der Waals surface area (Å²) in [4.78, 5) is 26.8. The number of Topliss-reactive ketones (excluding diaryl/α,β-unsaturated/α-hetero) is 1. The molecule has 1 N–H and O–H groups in total. The molecule has 136 valence electrons. The summed E-state index contributed by atoms with van der Waals surface area (Å²) in [5.41, 5.74) is 1.54. The number of methoxy groups -OCH3 is 1. The number of hydrogen-bond donors (Lipinski definition) is 1. The van der Waals surface area contributed by atoms with Gasteiger partial charge in [-0.3, -0.25) is 14.5 Å². The summed E-state index contributed by atoms with van der Waals surface area (Å²) in [7, 11) is 1.61. The van der Waals surface area contributed by atoms with Crippen LogP contribution >= 0.6 is 0 Å². The monoisotopic (exact) mass is 352 g/mol. The molecule has 0 bridgehead atoms. The van der Waals surface area contributed by atoms with Crippen LogP contribution in [0.3, 0.4) is 0 Å². The van der Waals surface area contributed by atoms with Crippen LogP contribution in [-0.4, -0.2) is 43.3 Å². The van der Waals surface area contributed by atoms with Gasteiger partial charge in [0.05, 0.1) is 13.7 Å². The molecule has 1 fully saturated rings. The van der Waals surface area contributed by atoms with E-state index in [0.29, 0.717) is 6.54 Å². The fraction of sp³-hybridized carbons (Fsp3) is 0.333. The molecule has 3 rings (SSSR count). The first-order valence-corrected chi connectivity index (χ1v) is 8.91. The smallest absolute Gasteiger partial charge is 0.238 e. The van der Waals surface area contributed by atoms with Gasteiger partial charge < -0.3 is 10.1 Å². The fourth-order valence-electron chi connectivity index (χ4n) is 3.27. The van der Waals surface area contributed by atoms with E-state index in [2.05, 4.69) is 10.2 Å². The number of nitrogens with zero attached hydrogens (tertiary/aromatic N) is 1. The predicted molar refractivity (Wildman–Crippen MR) is 102 cm³/mol. The Hall–Kier alpha value is -2.66. The number of anilines is 1. The summed E-state index contributed by atoms with van der Waals surface area (Å²) in [5, 5.41) is 2.90. The summed E-state index contributed by atoms with van der Waals surface area (Å²) in [6.45, 7) is 1.87. The fourth-order valence-corrected chi connectivity index (χ4v) is 3.27. The normalized spacial score (nSPS) is 15.4. The molecule has 0 aromatic heterocycles. The van der Waals surface area contributed by atoms with E-state index in [4.69, 9.17) is 4.74 Å². The molecular weight excluding hydrogens is 328 g/mol. The molecule has 5 heteroatoms. The zero-order valence-corrected chi connectivity index (χ0v) is 15.0. The number of piperidine rings is 1. The molecule has 1 saturated heterocycles. The topological polar surface area (TPSA) is 58.6 Å². The van der Waals surface area contributed by atoms with Crippen molar-refractivity contribution in [2.45, 2.75) is 12.8 Å². The number of hydrogen-bond acceptors (Lipinski definition) is 4. The number of benzene rings is 2. The first kappa shape index (κ1) is 18.1. The Balaban J connectivity index is 1.46. The third kappa shape index (κ3) is 4.70. The van der Waals surface area contributed by atoms with Crippen molar-refractivity contribution in [1.29, 1.82) is 0 Å². The van der Waals surface area contributed by atoms with Crippen LogP contribution in [0, 0.1) is 5.92 Å². The molecule has 0 atom stereocenters. The van der Waals surface area contributed by atoms with E-state index < -0.39 is 0 Å². The first-order chi connectivity index (χ1) is 12.7. The maximum Gasteiger partial charge on any atom is 0.238 e. The van der Waals surface area contributed by atoms with Crippen molar-refractivity contribution in [1.82, 2.24) is 4.90 Å². The Morgan fingerprint density at radius 2 is 1.69 bits per heavy atom. The second-order valence-corrected chi connectivity index (χ2v) is 6.56. The minimum absolute atomic E-state index is 0.0389. The standard InChI is InChI=1S/C21H24N2O3/c1-26-19-9-7-18(8-10-19)22-20(24)15-23-13-11-17(12-14-23)21(25)16-5-3-2-4-6-16/h2-10,17H,11-15H2,1H3,(H,22,24). The van der Waals surface area contributed by atoms with Crippen LogP contribution in [0.15, 0.2) is 54.6 Å². The van der Waals surface area contributed by atoms with Crippen molar-refractivity contribution in [3.63, 3.8) is 0 Å². The number of likely N-dealkylation sites (tertiary alicyclic amines) is 1. The minimum Gasteiger partial charge on any atom is -0.497 e. The molecule has 1 amide bonds. The van der Waals surface area contributed by atoms with Crippen molar-refractivity contribution in [2.75, 3.05) is 32.1 Å². The van der Waals surface area contributed by atoms with Gasteiger partial charge >= 0.3 is 0 Å². The Morgan fingerprint density at radius 1 is 1.04 bits per heavy atom. The van der Waals surface area contributed by atoms with Crippen LogP contribution in [0.5, 0.6) is 5.75 Å². The lowest BCUT2D eigenvalue weighted by atomic mass is 9.89. The van der Waals surface area contributed by atoms with Crippen LogP contribution in [0.2, 0.25) is 0 Å². The highest BCUT2D eigenvalue weighted by atomic mass is 16.5. The molecule has 0 radical (unpaired) electrons. The second-order valence-electron chi connectivity index (χ2n) is 6.56. The molecule has 0 unspecified atom stereocenters. The van der Waals surface area contributed by atoms with Crippen molar-refractivity contribution in [2.24, 2.45) is 5.92 Å². The molecule has 2 aromatic carbocycles. The van der Waals surface area contributed by atoms with Crippen LogP contribution in [0.1, 0.15) is 23.2 Å². The number of ketones is 1. The van der Waals surface area contributed by atoms with Gasteiger partial charge in [-0.05, 0) is 50.2 Å². The van der Waals surface area contributed by atoms with E-state index in [9.17, 15) is 9.59 Å². The zero-order chi connectivity index (χ0) is 18.4. The van der Waals surface area contributed by atoms with Crippen LogP contribution in [0.4, 0.5) is 5.69 Å². The third-order valence-corrected chi connectivity index (χ3v) is 4.76.